The summed E-state index contributed by atoms with van der Waals surface area (Å²) in [6.45, 7) is 0. The standard InChI is InChI=1S/C47H30O/c1-3-18-34-31(14-1)16-12-25-39(34)46-40-23-7-5-20-36(40)42(37-21-6-8-24-41(37)46)28-30-13-11-17-33(27-30)45-35-19-4-2-15-32(35)29-43-38-22-9-10-26-44(38)48-47(43)45/h1-27,29H,28H2. The van der Waals surface area contributed by atoms with Crippen molar-refractivity contribution in [2.45, 2.75) is 6.42 Å². The van der Waals surface area contributed by atoms with Gasteiger partial charge < -0.3 is 4.42 Å². The van der Waals surface area contributed by atoms with E-state index in [-0.39, 0.29) is 0 Å². The summed E-state index contributed by atoms with van der Waals surface area (Å²) < 4.78 is 6.61. The predicted octanol–water partition coefficient (Wildman–Crippen LogP) is 13.1. The van der Waals surface area contributed by atoms with E-state index in [4.69, 9.17) is 4.42 Å². The molecule has 0 atom stereocenters. The number of hydrogen-bond donors (Lipinski definition) is 0. The van der Waals surface area contributed by atoms with Crippen molar-refractivity contribution in [3.63, 3.8) is 0 Å². The Labute approximate surface area is 278 Å². The minimum Gasteiger partial charge on any atom is -0.455 e. The highest BCUT2D eigenvalue weighted by Gasteiger charge is 2.19. The number of rotatable bonds is 4. The van der Waals surface area contributed by atoms with Crippen molar-refractivity contribution in [1.29, 1.82) is 0 Å². The highest BCUT2D eigenvalue weighted by Crippen LogP contribution is 2.44. The Morgan fingerprint density at radius 1 is 0.375 bits per heavy atom. The summed E-state index contributed by atoms with van der Waals surface area (Å²) >= 11 is 0. The van der Waals surface area contributed by atoms with Crippen LogP contribution in [0.25, 0.3) is 87.3 Å². The lowest BCUT2D eigenvalue weighted by atomic mass is 9.85. The molecule has 0 amide bonds. The van der Waals surface area contributed by atoms with Crippen LogP contribution in [0.15, 0.2) is 174 Å². The summed E-state index contributed by atoms with van der Waals surface area (Å²) in [6, 6.07) is 61.7. The first-order valence-corrected chi connectivity index (χ1v) is 16.6. The van der Waals surface area contributed by atoms with Gasteiger partial charge in [-0.15, -0.1) is 0 Å². The van der Waals surface area contributed by atoms with Crippen LogP contribution in [0.1, 0.15) is 11.1 Å². The first kappa shape index (κ1) is 27.0. The Bertz CT molecular complexity index is 2810. The molecular formula is C47H30O. The molecule has 0 fully saturated rings. The normalized spacial score (nSPS) is 11.8. The van der Waals surface area contributed by atoms with Crippen LogP contribution in [0.3, 0.4) is 0 Å². The van der Waals surface area contributed by atoms with Gasteiger partial charge in [-0.1, -0.05) is 158 Å². The molecule has 0 aliphatic rings. The number of benzene rings is 9. The third-order valence-corrected chi connectivity index (χ3v) is 10.1. The molecule has 1 nitrogen and oxygen atoms in total. The molecule has 1 aromatic heterocycles. The number of hydrogen-bond acceptors (Lipinski definition) is 1. The molecule has 0 saturated heterocycles. The summed E-state index contributed by atoms with van der Waals surface area (Å²) in [5, 5.41) is 12.5. The molecule has 0 radical (unpaired) electrons. The van der Waals surface area contributed by atoms with Gasteiger partial charge in [0.2, 0.25) is 0 Å². The van der Waals surface area contributed by atoms with E-state index >= 15 is 0 Å². The van der Waals surface area contributed by atoms with Crippen molar-refractivity contribution >= 4 is 65.0 Å². The molecule has 10 rings (SSSR count). The van der Waals surface area contributed by atoms with Crippen LogP contribution in [-0.4, -0.2) is 0 Å². The topological polar surface area (TPSA) is 13.1 Å². The zero-order valence-corrected chi connectivity index (χ0v) is 26.3. The summed E-state index contributed by atoms with van der Waals surface area (Å²) in [5.74, 6) is 0. The smallest absolute Gasteiger partial charge is 0.143 e. The monoisotopic (exact) mass is 610 g/mol. The second-order valence-electron chi connectivity index (χ2n) is 12.8. The van der Waals surface area contributed by atoms with Crippen molar-refractivity contribution in [2.75, 3.05) is 0 Å². The zero-order chi connectivity index (χ0) is 31.6. The molecule has 0 saturated carbocycles. The van der Waals surface area contributed by atoms with Gasteiger partial charge in [-0.25, -0.2) is 0 Å². The maximum Gasteiger partial charge on any atom is 0.143 e. The number of fused-ring (bicyclic) bond motifs is 7. The Balaban J connectivity index is 1.19. The van der Waals surface area contributed by atoms with Crippen molar-refractivity contribution in [3.8, 4) is 22.3 Å². The van der Waals surface area contributed by atoms with Crippen molar-refractivity contribution in [2.24, 2.45) is 0 Å². The molecular weight excluding hydrogens is 581 g/mol. The van der Waals surface area contributed by atoms with E-state index in [0.29, 0.717) is 0 Å². The van der Waals surface area contributed by atoms with Gasteiger partial charge in [0.1, 0.15) is 11.2 Å². The quantitative estimate of drug-likeness (QED) is 0.181. The fraction of sp³-hybridized carbons (Fsp3) is 0.0213. The van der Waals surface area contributed by atoms with Gasteiger partial charge in [-0.2, -0.15) is 0 Å². The van der Waals surface area contributed by atoms with Gasteiger partial charge in [-0.3, -0.25) is 0 Å². The lowest BCUT2D eigenvalue weighted by molar-refractivity contribution is 0.670. The molecule has 0 spiro atoms. The first-order chi connectivity index (χ1) is 23.8. The van der Waals surface area contributed by atoms with E-state index in [2.05, 4.69) is 164 Å². The van der Waals surface area contributed by atoms with Crippen LogP contribution >= 0.6 is 0 Å². The van der Waals surface area contributed by atoms with Gasteiger partial charge in [-0.05, 0) is 89.5 Å². The van der Waals surface area contributed by atoms with Crippen molar-refractivity contribution in [1.82, 2.24) is 0 Å². The number of para-hydroxylation sites is 1. The Morgan fingerprint density at radius 2 is 0.958 bits per heavy atom. The van der Waals surface area contributed by atoms with Crippen LogP contribution in [-0.2, 0) is 6.42 Å². The Hall–Kier alpha value is -6.18. The Morgan fingerprint density at radius 3 is 1.73 bits per heavy atom. The fourth-order valence-corrected chi connectivity index (χ4v) is 7.99. The minimum atomic E-state index is 0.818. The van der Waals surface area contributed by atoms with E-state index in [9.17, 15) is 0 Å². The molecule has 10 aromatic rings. The summed E-state index contributed by atoms with van der Waals surface area (Å²) in [7, 11) is 0. The molecule has 0 unspecified atom stereocenters. The van der Waals surface area contributed by atoms with Crippen LogP contribution in [0, 0.1) is 0 Å². The zero-order valence-electron chi connectivity index (χ0n) is 26.3. The van der Waals surface area contributed by atoms with Gasteiger partial charge in [0.25, 0.3) is 0 Å². The SMILES string of the molecule is c1cc(Cc2c3ccccc3c(-c3cccc4ccccc34)c3ccccc23)cc(-c2c3ccccc3cc3c2oc2ccccc23)c1. The van der Waals surface area contributed by atoms with E-state index in [0.717, 1.165) is 33.9 Å². The third kappa shape index (κ3) is 4.11. The third-order valence-electron chi connectivity index (χ3n) is 10.1. The lowest BCUT2D eigenvalue weighted by Crippen LogP contribution is -1.96. The van der Waals surface area contributed by atoms with E-state index < -0.39 is 0 Å². The minimum absolute atomic E-state index is 0.818. The van der Waals surface area contributed by atoms with Crippen molar-refractivity contribution in [3.05, 3.63) is 181 Å². The van der Waals surface area contributed by atoms with Gasteiger partial charge in [0, 0.05) is 16.3 Å². The molecule has 0 N–H and O–H groups in total. The van der Waals surface area contributed by atoms with Crippen molar-refractivity contribution < 1.29 is 4.42 Å². The van der Waals surface area contributed by atoms with Crippen LogP contribution in [0.4, 0.5) is 0 Å². The molecule has 224 valence electrons. The van der Waals surface area contributed by atoms with Crippen LogP contribution in [0.2, 0.25) is 0 Å². The summed E-state index contributed by atoms with van der Waals surface area (Å²) in [5.41, 5.74) is 9.41. The maximum atomic E-state index is 6.61. The molecule has 9 aromatic carbocycles. The second-order valence-corrected chi connectivity index (χ2v) is 12.8. The molecule has 0 aliphatic carbocycles. The van der Waals surface area contributed by atoms with E-state index in [1.807, 2.05) is 6.07 Å². The fourth-order valence-electron chi connectivity index (χ4n) is 7.99. The highest BCUT2D eigenvalue weighted by atomic mass is 16.3. The molecule has 48 heavy (non-hydrogen) atoms. The maximum absolute atomic E-state index is 6.61. The van der Waals surface area contributed by atoms with E-state index in [1.165, 1.54) is 70.9 Å². The molecule has 1 heteroatoms. The first-order valence-electron chi connectivity index (χ1n) is 16.6. The largest absolute Gasteiger partial charge is 0.455 e. The Kier molecular flexibility index (Phi) is 6.01. The van der Waals surface area contributed by atoms with Gasteiger partial charge in [0.05, 0.1) is 0 Å². The van der Waals surface area contributed by atoms with Crippen LogP contribution < -0.4 is 0 Å². The van der Waals surface area contributed by atoms with E-state index in [1.54, 1.807) is 0 Å². The average Bonchev–Trinajstić information content (AvgIpc) is 3.52. The second kappa shape index (κ2) is 10.7. The number of furan rings is 1. The predicted molar refractivity (Wildman–Crippen MR) is 204 cm³/mol. The average molecular weight is 611 g/mol. The van der Waals surface area contributed by atoms with Gasteiger partial charge >= 0.3 is 0 Å². The highest BCUT2D eigenvalue weighted by molar-refractivity contribution is 6.20. The molecule has 1 heterocycles. The van der Waals surface area contributed by atoms with Crippen LogP contribution in [0.5, 0.6) is 0 Å². The lowest BCUT2D eigenvalue weighted by Gasteiger charge is -2.19. The summed E-state index contributed by atoms with van der Waals surface area (Å²) in [6.07, 6.45) is 0.818. The van der Waals surface area contributed by atoms with Gasteiger partial charge in [0.15, 0.2) is 0 Å². The molecule has 0 aliphatic heterocycles. The molecule has 0 bridgehead atoms. The summed E-state index contributed by atoms with van der Waals surface area (Å²) in [4.78, 5) is 0.